The second kappa shape index (κ2) is 6.40. The molecule has 106 valence electrons. The summed E-state index contributed by atoms with van der Waals surface area (Å²) < 4.78 is 0. The number of fused-ring (bicyclic) bond motifs is 1. The molecule has 0 saturated carbocycles. The van der Waals surface area contributed by atoms with E-state index in [0.717, 1.165) is 13.1 Å². The summed E-state index contributed by atoms with van der Waals surface area (Å²) in [4.78, 5) is 2.35. The van der Waals surface area contributed by atoms with E-state index in [1.165, 1.54) is 29.7 Å². The lowest BCUT2D eigenvalue weighted by Crippen LogP contribution is -2.31. The van der Waals surface area contributed by atoms with Crippen molar-refractivity contribution < 1.29 is 0 Å². The molecule has 0 amide bonds. The van der Waals surface area contributed by atoms with Gasteiger partial charge in [-0.25, -0.2) is 0 Å². The monoisotopic (exact) mass is 261 g/mol. The van der Waals surface area contributed by atoms with Crippen molar-refractivity contribution in [2.45, 2.75) is 32.7 Å². The molecule has 1 unspecified atom stereocenters. The van der Waals surface area contributed by atoms with Gasteiger partial charge >= 0.3 is 0 Å². The Kier molecular flexibility index (Phi) is 4.83. The minimum Gasteiger partial charge on any atom is -0.374 e. The maximum atomic E-state index is 5.92. The number of aryl methyl sites for hydroxylation is 1. The minimum atomic E-state index is 0.278. The van der Waals surface area contributed by atoms with E-state index in [4.69, 9.17) is 5.73 Å². The summed E-state index contributed by atoms with van der Waals surface area (Å²) in [5, 5.41) is 3.56. The third kappa shape index (κ3) is 3.48. The predicted octanol–water partition coefficient (Wildman–Crippen LogP) is 2.31. The molecule has 1 aliphatic heterocycles. The van der Waals surface area contributed by atoms with Crippen molar-refractivity contribution in [2.24, 2.45) is 11.7 Å². The van der Waals surface area contributed by atoms with Gasteiger partial charge in [0.1, 0.15) is 0 Å². The highest BCUT2D eigenvalue weighted by Crippen LogP contribution is 2.28. The summed E-state index contributed by atoms with van der Waals surface area (Å²) in [6.07, 6.45) is 2.44. The SMILES string of the molecule is CC(C)CNC(CN)c1ccc2c(c1)CCCN2C. The molecule has 0 spiro atoms. The highest BCUT2D eigenvalue weighted by Gasteiger charge is 2.16. The molecular weight excluding hydrogens is 234 g/mol. The Morgan fingerprint density at radius 1 is 1.37 bits per heavy atom. The maximum absolute atomic E-state index is 5.92. The second-order valence-electron chi connectivity index (χ2n) is 6.00. The first-order chi connectivity index (χ1) is 9.11. The number of anilines is 1. The summed E-state index contributed by atoms with van der Waals surface area (Å²) in [6, 6.07) is 7.10. The van der Waals surface area contributed by atoms with Crippen LogP contribution < -0.4 is 16.0 Å². The molecule has 0 aromatic heterocycles. The first-order valence-electron chi connectivity index (χ1n) is 7.39. The average molecular weight is 261 g/mol. The lowest BCUT2D eigenvalue weighted by atomic mass is 9.96. The van der Waals surface area contributed by atoms with Gasteiger partial charge in [0.05, 0.1) is 0 Å². The van der Waals surface area contributed by atoms with Crippen LogP contribution in [-0.4, -0.2) is 26.7 Å². The number of nitrogens with one attached hydrogen (secondary N) is 1. The van der Waals surface area contributed by atoms with Gasteiger partial charge in [-0.1, -0.05) is 26.0 Å². The number of hydrogen-bond donors (Lipinski definition) is 2. The van der Waals surface area contributed by atoms with E-state index >= 15 is 0 Å². The van der Waals surface area contributed by atoms with Gasteiger partial charge in [-0.15, -0.1) is 0 Å². The normalized spacial score (nSPS) is 16.6. The molecule has 0 bridgehead atoms. The van der Waals surface area contributed by atoms with E-state index < -0.39 is 0 Å². The Morgan fingerprint density at radius 3 is 2.84 bits per heavy atom. The zero-order chi connectivity index (χ0) is 13.8. The number of nitrogens with zero attached hydrogens (tertiary/aromatic N) is 1. The summed E-state index contributed by atoms with van der Waals surface area (Å²) in [6.45, 7) is 7.28. The van der Waals surface area contributed by atoms with E-state index in [9.17, 15) is 0 Å². The third-order valence-electron chi connectivity index (χ3n) is 3.87. The van der Waals surface area contributed by atoms with Crippen LogP contribution in [0.4, 0.5) is 5.69 Å². The number of benzene rings is 1. The molecule has 1 heterocycles. The van der Waals surface area contributed by atoms with Crippen LogP contribution in [0, 0.1) is 5.92 Å². The molecule has 1 aromatic rings. The Labute approximate surface area is 117 Å². The van der Waals surface area contributed by atoms with Crippen molar-refractivity contribution in [1.82, 2.24) is 5.32 Å². The van der Waals surface area contributed by atoms with Crippen LogP contribution in [-0.2, 0) is 6.42 Å². The lowest BCUT2D eigenvalue weighted by Gasteiger charge is -2.29. The molecule has 3 heteroatoms. The van der Waals surface area contributed by atoms with Crippen LogP contribution in [0.25, 0.3) is 0 Å². The van der Waals surface area contributed by atoms with Crippen LogP contribution in [0.15, 0.2) is 18.2 Å². The van der Waals surface area contributed by atoms with Crippen molar-refractivity contribution in [3.63, 3.8) is 0 Å². The fourth-order valence-corrected chi connectivity index (χ4v) is 2.74. The van der Waals surface area contributed by atoms with Crippen molar-refractivity contribution >= 4 is 5.69 Å². The molecular formula is C16H27N3. The summed E-state index contributed by atoms with van der Waals surface area (Å²) in [5.74, 6) is 0.651. The predicted molar refractivity (Wildman–Crippen MR) is 82.7 cm³/mol. The molecule has 0 fully saturated rings. The standard InChI is InChI=1S/C16H27N3/c1-12(2)11-18-15(10-17)13-6-7-16-14(9-13)5-4-8-19(16)3/h6-7,9,12,15,18H,4-5,8,10-11,17H2,1-3H3. The highest BCUT2D eigenvalue weighted by molar-refractivity contribution is 5.56. The molecule has 1 aliphatic rings. The van der Waals surface area contributed by atoms with Gasteiger partial charge in [-0.3, -0.25) is 0 Å². The molecule has 0 saturated heterocycles. The van der Waals surface area contributed by atoms with E-state index in [0.29, 0.717) is 12.5 Å². The van der Waals surface area contributed by atoms with Gasteiger partial charge in [0.15, 0.2) is 0 Å². The fourth-order valence-electron chi connectivity index (χ4n) is 2.74. The lowest BCUT2D eigenvalue weighted by molar-refractivity contribution is 0.478. The summed E-state index contributed by atoms with van der Waals surface area (Å²) in [7, 11) is 2.18. The number of hydrogen-bond acceptors (Lipinski definition) is 3. The van der Waals surface area contributed by atoms with E-state index in [-0.39, 0.29) is 6.04 Å². The van der Waals surface area contributed by atoms with Gasteiger partial charge < -0.3 is 16.0 Å². The van der Waals surface area contributed by atoms with Gasteiger partial charge in [0.2, 0.25) is 0 Å². The topological polar surface area (TPSA) is 41.3 Å². The van der Waals surface area contributed by atoms with Crippen LogP contribution in [0.5, 0.6) is 0 Å². The molecule has 1 aromatic carbocycles. The Bertz CT molecular complexity index is 414. The molecule has 2 rings (SSSR count). The van der Waals surface area contributed by atoms with Crippen LogP contribution >= 0.6 is 0 Å². The highest BCUT2D eigenvalue weighted by atomic mass is 15.1. The smallest absolute Gasteiger partial charge is 0.0444 e. The van der Waals surface area contributed by atoms with Gasteiger partial charge in [0.25, 0.3) is 0 Å². The van der Waals surface area contributed by atoms with E-state index in [2.05, 4.69) is 49.3 Å². The van der Waals surface area contributed by atoms with Crippen molar-refractivity contribution in [2.75, 3.05) is 31.6 Å². The fraction of sp³-hybridized carbons (Fsp3) is 0.625. The average Bonchev–Trinajstić information content (AvgIpc) is 2.39. The molecule has 1 atom stereocenters. The Hall–Kier alpha value is -1.06. The molecule has 0 aliphatic carbocycles. The molecule has 19 heavy (non-hydrogen) atoms. The minimum absolute atomic E-state index is 0.278. The zero-order valence-electron chi connectivity index (χ0n) is 12.4. The maximum Gasteiger partial charge on any atom is 0.0444 e. The van der Waals surface area contributed by atoms with Crippen molar-refractivity contribution in [1.29, 1.82) is 0 Å². The van der Waals surface area contributed by atoms with E-state index in [1.54, 1.807) is 0 Å². The zero-order valence-corrected chi connectivity index (χ0v) is 12.4. The number of rotatable bonds is 5. The Morgan fingerprint density at radius 2 is 2.16 bits per heavy atom. The first-order valence-corrected chi connectivity index (χ1v) is 7.39. The van der Waals surface area contributed by atoms with E-state index in [1.807, 2.05) is 0 Å². The van der Waals surface area contributed by atoms with Crippen LogP contribution in [0.3, 0.4) is 0 Å². The van der Waals surface area contributed by atoms with Gasteiger partial charge in [-0.2, -0.15) is 0 Å². The van der Waals surface area contributed by atoms with Crippen molar-refractivity contribution in [3.8, 4) is 0 Å². The summed E-state index contributed by atoms with van der Waals surface area (Å²) >= 11 is 0. The molecule has 3 N–H and O–H groups in total. The largest absolute Gasteiger partial charge is 0.374 e. The first kappa shape index (κ1) is 14.4. The third-order valence-corrected chi connectivity index (χ3v) is 3.87. The van der Waals surface area contributed by atoms with Crippen molar-refractivity contribution in [3.05, 3.63) is 29.3 Å². The van der Waals surface area contributed by atoms with Crippen LogP contribution in [0.2, 0.25) is 0 Å². The number of nitrogens with two attached hydrogens (primary N) is 1. The summed E-state index contributed by atoms with van der Waals surface area (Å²) in [5.41, 5.74) is 10.1. The molecule has 3 nitrogen and oxygen atoms in total. The second-order valence-corrected chi connectivity index (χ2v) is 6.00. The van der Waals surface area contributed by atoms with Gasteiger partial charge in [0, 0.05) is 31.9 Å². The molecule has 0 radical (unpaired) electrons. The Balaban J connectivity index is 2.15. The van der Waals surface area contributed by atoms with Gasteiger partial charge in [-0.05, 0) is 42.5 Å². The quantitative estimate of drug-likeness (QED) is 0.854. The van der Waals surface area contributed by atoms with Crippen LogP contribution in [0.1, 0.15) is 37.4 Å².